The van der Waals surface area contributed by atoms with Gasteiger partial charge in [0.05, 0.1) is 6.10 Å². The van der Waals surface area contributed by atoms with Crippen LogP contribution in [0.4, 0.5) is 0 Å². The third-order valence-electron chi connectivity index (χ3n) is 1.16. The molecule has 0 aromatic carbocycles. The van der Waals surface area contributed by atoms with Crippen LogP contribution in [0.5, 0.6) is 0 Å². The first-order valence-corrected chi connectivity index (χ1v) is 2.40. The first kappa shape index (κ1) is 5.03. The fourth-order valence-electron chi connectivity index (χ4n) is 0.673. The molecule has 0 amide bonds. The van der Waals surface area contributed by atoms with Crippen molar-refractivity contribution in [1.29, 1.82) is 0 Å². The highest BCUT2D eigenvalue weighted by atomic mass is 16.3. The Hall–Kier alpha value is -0.120. The quantitative estimate of drug-likeness (QED) is 0.355. The van der Waals surface area contributed by atoms with E-state index in [9.17, 15) is 0 Å². The number of nitrogens with one attached hydrogen (secondary N) is 1. The van der Waals surface area contributed by atoms with Gasteiger partial charge < -0.3 is 10.2 Å². The highest BCUT2D eigenvalue weighted by molar-refractivity contribution is 4.73. The maximum atomic E-state index is 8.69. The van der Waals surface area contributed by atoms with Gasteiger partial charge in [0.25, 0.3) is 0 Å². The van der Waals surface area contributed by atoms with Crippen molar-refractivity contribution < 1.29 is 10.2 Å². The van der Waals surface area contributed by atoms with Crippen LogP contribution in [-0.4, -0.2) is 29.1 Å². The van der Waals surface area contributed by atoms with Gasteiger partial charge in [-0.3, -0.25) is 5.32 Å². The molecular formula is C4H9NO2. The average Bonchev–Trinajstić information content (AvgIpc) is 1.91. The Labute approximate surface area is 42.0 Å². The molecule has 0 bridgehead atoms. The van der Waals surface area contributed by atoms with Gasteiger partial charge in [0.1, 0.15) is 6.23 Å². The Balaban J connectivity index is 2.33. The first-order chi connectivity index (χ1) is 3.30. The van der Waals surface area contributed by atoms with Crippen molar-refractivity contribution in [2.75, 3.05) is 6.54 Å². The second kappa shape index (κ2) is 1.78. The molecule has 0 aromatic rings. The van der Waals surface area contributed by atoms with Crippen LogP contribution in [0.2, 0.25) is 0 Å². The van der Waals surface area contributed by atoms with Gasteiger partial charge in [0.2, 0.25) is 0 Å². The maximum Gasteiger partial charge on any atom is 0.131 e. The first-order valence-electron chi connectivity index (χ1n) is 2.40. The number of aliphatic hydroxyl groups excluding tert-OH is 2. The van der Waals surface area contributed by atoms with E-state index in [1.165, 1.54) is 0 Å². The monoisotopic (exact) mass is 103 g/mol. The Morgan fingerprint density at radius 1 is 1.43 bits per heavy atom. The lowest BCUT2D eigenvalue weighted by atomic mass is 10.3. The summed E-state index contributed by atoms with van der Waals surface area (Å²) in [6.07, 6.45) is -0.554. The predicted octanol–water partition coefficient (Wildman–Crippen LogP) is -1.34. The molecule has 0 aliphatic carbocycles. The van der Waals surface area contributed by atoms with E-state index in [2.05, 4.69) is 5.32 Å². The highest BCUT2D eigenvalue weighted by Gasteiger charge is 2.20. The number of aliphatic hydroxyl groups is 2. The zero-order chi connectivity index (χ0) is 5.28. The molecular weight excluding hydrogens is 94.0 g/mol. The summed E-state index contributed by atoms with van der Waals surface area (Å²) in [5.74, 6) is 0. The van der Waals surface area contributed by atoms with Crippen LogP contribution in [0.1, 0.15) is 6.42 Å². The molecule has 3 N–H and O–H groups in total. The maximum absolute atomic E-state index is 8.69. The van der Waals surface area contributed by atoms with Gasteiger partial charge in [-0.2, -0.15) is 0 Å². The summed E-state index contributed by atoms with van der Waals surface area (Å²) in [7, 11) is 0. The van der Waals surface area contributed by atoms with Gasteiger partial charge in [0.15, 0.2) is 0 Å². The van der Waals surface area contributed by atoms with Crippen LogP contribution in [-0.2, 0) is 0 Å². The minimum atomic E-state index is -0.681. The Bertz CT molecular complexity index is 58.7. The topological polar surface area (TPSA) is 52.5 Å². The summed E-state index contributed by atoms with van der Waals surface area (Å²) in [4.78, 5) is 0. The molecule has 1 heterocycles. The van der Waals surface area contributed by atoms with E-state index in [1.807, 2.05) is 0 Å². The second-order valence-corrected chi connectivity index (χ2v) is 1.75. The van der Waals surface area contributed by atoms with Crippen LogP contribution in [0.25, 0.3) is 0 Å². The molecule has 3 heteroatoms. The minimum absolute atomic E-state index is 0.542. The second-order valence-electron chi connectivity index (χ2n) is 1.75. The Morgan fingerprint density at radius 2 is 2.14 bits per heavy atom. The lowest BCUT2D eigenvalue weighted by Gasteiger charge is -2.03. The van der Waals surface area contributed by atoms with Crippen molar-refractivity contribution in [2.45, 2.75) is 18.8 Å². The summed E-state index contributed by atoms with van der Waals surface area (Å²) < 4.78 is 0. The average molecular weight is 103 g/mol. The SMILES string of the molecule is OC1NCC[C@H]1O. The standard InChI is InChI=1S/C4H9NO2/c6-3-1-2-5-4(3)7/h3-7H,1-2H2/t3-,4?/m1/s1. The summed E-state index contributed by atoms with van der Waals surface area (Å²) >= 11 is 0. The van der Waals surface area contributed by atoms with Crippen molar-refractivity contribution in [3.8, 4) is 0 Å². The van der Waals surface area contributed by atoms with Crippen molar-refractivity contribution in [1.82, 2.24) is 5.32 Å². The molecule has 1 aliphatic rings. The normalized spacial score (nSPS) is 42.0. The van der Waals surface area contributed by atoms with Gasteiger partial charge in [-0.15, -0.1) is 0 Å². The molecule has 42 valence electrons. The number of hydrogen-bond donors (Lipinski definition) is 3. The Kier molecular flexibility index (Phi) is 1.27. The molecule has 0 aromatic heterocycles. The molecule has 2 atom stereocenters. The molecule has 1 aliphatic heterocycles. The summed E-state index contributed by atoms with van der Waals surface area (Å²) in [6, 6.07) is 0. The fraction of sp³-hybridized carbons (Fsp3) is 1.00. The van der Waals surface area contributed by atoms with Gasteiger partial charge >= 0.3 is 0 Å². The molecule has 0 saturated carbocycles. The fourth-order valence-corrected chi connectivity index (χ4v) is 0.673. The molecule has 3 nitrogen and oxygen atoms in total. The van der Waals surface area contributed by atoms with E-state index >= 15 is 0 Å². The van der Waals surface area contributed by atoms with Crippen LogP contribution in [0, 0.1) is 0 Å². The van der Waals surface area contributed by atoms with E-state index in [0.717, 1.165) is 6.54 Å². The van der Waals surface area contributed by atoms with Crippen LogP contribution in [0.15, 0.2) is 0 Å². The van der Waals surface area contributed by atoms with Crippen molar-refractivity contribution >= 4 is 0 Å². The summed E-state index contributed by atoms with van der Waals surface area (Å²) in [6.45, 7) is 0.725. The van der Waals surface area contributed by atoms with E-state index in [4.69, 9.17) is 10.2 Å². The predicted molar refractivity (Wildman–Crippen MR) is 24.6 cm³/mol. The number of hydrogen-bond acceptors (Lipinski definition) is 3. The van der Waals surface area contributed by atoms with Crippen LogP contribution >= 0.6 is 0 Å². The van der Waals surface area contributed by atoms with Crippen LogP contribution < -0.4 is 5.32 Å². The zero-order valence-corrected chi connectivity index (χ0v) is 3.96. The number of rotatable bonds is 0. The molecule has 1 saturated heterocycles. The van der Waals surface area contributed by atoms with E-state index in [0.29, 0.717) is 6.42 Å². The van der Waals surface area contributed by atoms with Gasteiger partial charge in [-0.05, 0) is 6.42 Å². The molecule has 1 unspecified atom stereocenters. The van der Waals surface area contributed by atoms with Crippen molar-refractivity contribution in [3.05, 3.63) is 0 Å². The molecule has 7 heavy (non-hydrogen) atoms. The van der Waals surface area contributed by atoms with Crippen molar-refractivity contribution in [3.63, 3.8) is 0 Å². The van der Waals surface area contributed by atoms with Gasteiger partial charge in [-0.25, -0.2) is 0 Å². The lowest BCUT2D eigenvalue weighted by Crippen LogP contribution is -2.28. The Morgan fingerprint density at radius 3 is 2.29 bits per heavy atom. The van der Waals surface area contributed by atoms with Gasteiger partial charge in [0, 0.05) is 6.54 Å². The van der Waals surface area contributed by atoms with E-state index < -0.39 is 12.3 Å². The smallest absolute Gasteiger partial charge is 0.131 e. The van der Waals surface area contributed by atoms with Crippen LogP contribution in [0.3, 0.4) is 0 Å². The summed E-state index contributed by atoms with van der Waals surface area (Å²) in [5, 5.41) is 20.0. The largest absolute Gasteiger partial charge is 0.389 e. The molecule has 0 spiro atoms. The van der Waals surface area contributed by atoms with Crippen molar-refractivity contribution in [2.24, 2.45) is 0 Å². The summed E-state index contributed by atoms with van der Waals surface area (Å²) in [5.41, 5.74) is 0. The lowest BCUT2D eigenvalue weighted by molar-refractivity contribution is 0.0318. The van der Waals surface area contributed by atoms with E-state index in [-0.39, 0.29) is 0 Å². The zero-order valence-electron chi connectivity index (χ0n) is 3.96. The molecule has 0 radical (unpaired) electrons. The minimum Gasteiger partial charge on any atom is -0.389 e. The van der Waals surface area contributed by atoms with E-state index in [1.54, 1.807) is 0 Å². The van der Waals surface area contributed by atoms with Gasteiger partial charge in [-0.1, -0.05) is 0 Å². The third-order valence-corrected chi connectivity index (χ3v) is 1.16. The molecule has 1 fully saturated rings. The third kappa shape index (κ3) is 0.907. The molecule has 1 rings (SSSR count). The highest BCUT2D eigenvalue weighted by Crippen LogP contribution is 2.01.